The third-order valence-corrected chi connectivity index (χ3v) is 4.26. The molecule has 0 N–H and O–H groups in total. The summed E-state index contributed by atoms with van der Waals surface area (Å²) in [5.74, 6) is -0.838. The van der Waals surface area contributed by atoms with Crippen molar-refractivity contribution in [3.63, 3.8) is 0 Å². The van der Waals surface area contributed by atoms with Crippen molar-refractivity contribution in [2.24, 2.45) is 0 Å². The van der Waals surface area contributed by atoms with Gasteiger partial charge in [-0.25, -0.2) is 12.8 Å². The van der Waals surface area contributed by atoms with Crippen molar-refractivity contribution < 1.29 is 12.8 Å². The van der Waals surface area contributed by atoms with Crippen LogP contribution in [0.25, 0.3) is 10.4 Å². The van der Waals surface area contributed by atoms with E-state index in [2.05, 4.69) is 0 Å². The molecule has 0 radical (unpaired) electrons. The van der Waals surface area contributed by atoms with Crippen LogP contribution in [0.3, 0.4) is 0 Å². The monoisotopic (exact) mass is 276 g/mol. The van der Waals surface area contributed by atoms with E-state index in [4.69, 9.17) is 10.7 Å². The Morgan fingerprint density at radius 1 is 1.25 bits per heavy atom. The first-order valence-corrected chi connectivity index (χ1v) is 7.45. The molecule has 1 aromatic heterocycles. The lowest BCUT2D eigenvalue weighted by Crippen LogP contribution is -1.95. The van der Waals surface area contributed by atoms with Gasteiger partial charge in [0, 0.05) is 15.6 Å². The van der Waals surface area contributed by atoms with Gasteiger partial charge >= 0.3 is 0 Å². The second kappa shape index (κ2) is 4.16. The van der Waals surface area contributed by atoms with Crippen LogP contribution in [0.1, 0.15) is 0 Å². The van der Waals surface area contributed by atoms with Crippen molar-refractivity contribution in [1.29, 1.82) is 0 Å². The first kappa shape index (κ1) is 11.6. The average Bonchev–Trinajstić information content (AvgIpc) is 2.69. The van der Waals surface area contributed by atoms with Crippen molar-refractivity contribution in [1.82, 2.24) is 0 Å². The molecule has 1 aromatic carbocycles. The van der Waals surface area contributed by atoms with Crippen molar-refractivity contribution in [2.45, 2.75) is 4.90 Å². The van der Waals surface area contributed by atoms with Crippen molar-refractivity contribution in [2.75, 3.05) is 0 Å². The fraction of sp³-hybridized carbons (Fsp3) is 0. The van der Waals surface area contributed by atoms with Crippen LogP contribution in [0.5, 0.6) is 0 Å². The molecule has 0 aliphatic heterocycles. The Labute approximate surface area is 101 Å². The Morgan fingerprint density at radius 2 is 2.00 bits per heavy atom. The summed E-state index contributed by atoms with van der Waals surface area (Å²) in [6.45, 7) is 0. The molecular formula is C10H6ClFO2S2. The first-order valence-electron chi connectivity index (χ1n) is 4.26. The van der Waals surface area contributed by atoms with E-state index in [1.54, 1.807) is 0 Å². The molecule has 0 amide bonds. The minimum Gasteiger partial charge on any atom is -0.207 e. The minimum absolute atomic E-state index is 0.486. The maximum Gasteiger partial charge on any atom is 0.264 e. The fourth-order valence-electron chi connectivity index (χ4n) is 1.29. The van der Waals surface area contributed by atoms with Crippen molar-refractivity contribution >= 4 is 31.1 Å². The van der Waals surface area contributed by atoms with Crippen LogP contribution in [0, 0.1) is 5.82 Å². The van der Waals surface area contributed by atoms with Gasteiger partial charge in [0.25, 0.3) is 9.05 Å². The molecule has 0 bridgehead atoms. The highest BCUT2D eigenvalue weighted by molar-refractivity contribution is 8.13. The number of halogens is 2. The molecule has 2 nitrogen and oxygen atoms in total. The predicted molar refractivity (Wildman–Crippen MR) is 62.8 cm³/mol. The van der Waals surface area contributed by atoms with Crippen LogP contribution in [-0.4, -0.2) is 8.42 Å². The maximum absolute atomic E-state index is 13.2. The van der Waals surface area contributed by atoms with Gasteiger partial charge in [0.1, 0.15) is 10.7 Å². The quantitative estimate of drug-likeness (QED) is 0.787. The number of rotatable bonds is 2. The van der Waals surface area contributed by atoms with Crippen LogP contribution in [0.4, 0.5) is 4.39 Å². The van der Waals surface area contributed by atoms with E-state index >= 15 is 0 Å². The van der Waals surface area contributed by atoms with Gasteiger partial charge in [-0.2, -0.15) is 0 Å². The molecule has 1 heterocycles. The van der Waals surface area contributed by atoms with Gasteiger partial charge in [-0.05, 0) is 29.1 Å². The van der Waals surface area contributed by atoms with Crippen LogP contribution in [-0.2, 0) is 9.05 Å². The van der Waals surface area contributed by atoms with E-state index in [1.807, 2.05) is 17.5 Å². The minimum atomic E-state index is -4.05. The van der Waals surface area contributed by atoms with E-state index in [1.165, 1.54) is 23.5 Å². The van der Waals surface area contributed by atoms with Gasteiger partial charge in [-0.1, -0.05) is 12.1 Å². The van der Waals surface area contributed by atoms with Crippen molar-refractivity contribution in [3.05, 3.63) is 41.5 Å². The summed E-state index contributed by atoms with van der Waals surface area (Å²) in [5.41, 5.74) is 0.635. The molecular weight excluding hydrogens is 271 g/mol. The summed E-state index contributed by atoms with van der Waals surface area (Å²) in [6, 6.07) is 7.52. The van der Waals surface area contributed by atoms with Gasteiger partial charge in [-0.15, -0.1) is 11.3 Å². The highest BCUT2D eigenvalue weighted by Crippen LogP contribution is 2.29. The number of benzene rings is 1. The Balaban J connectivity index is 2.61. The third-order valence-electron chi connectivity index (χ3n) is 2.00. The van der Waals surface area contributed by atoms with Crippen LogP contribution in [0.2, 0.25) is 0 Å². The van der Waals surface area contributed by atoms with Crippen molar-refractivity contribution in [3.8, 4) is 10.4 Å². The van der Waals surface area contributed by atoms with Crippen LogP contribution < -0.4 is 0 Å². The van der Waals surface area contributed by atoms with Gasteiger partial charge < -0.3 is 0 Å². The molecule has 0 aliphatic carbocycles. The number of hydrogen-bond acceptors (Lipinski definition) is 3. The Hall–Kier alpha value is -0.910. The van der Waals surface area contributed by atoms with Gasteiger partial charge in [0.05, 0.1) is 0 Å². The molecule has 0 aliphatic rings. The van der Waals surface area contributed by atoms with E-state index < -0.39 is 19.8 Å². The topological polar surface area (TPSA) is 34.1 Å². The summed E-state index contributed by atoms with van der Waals surface area (Å²) in [6.07, 6.45) is 0. The fourth-order valence-corrected chi connectivity index (χ4v) is 2.93. The molecule has 0 atom stereocenters. The lowest BCUT2D eigenvalue weighted by atomic mass is 10.2. The highest BCUT2D eigenvalue weighted by atomic mass is 35.7. The zero-order chi connectivity index (χ0) is 11.8. The van der Waals surface area contributed by atoms with E-state index in [0.29, 0.717) is 5.56 Å². The predicted octanol–water partition coefficient (Wildman–Crippen LogP) is 3.48. The Morgan fingerprint density at radius 3 is 2.56 bits per heavy atom. The molecule has 0 unspecified atom stereocenters. The van der Waals surface area contributed by atoms with Crippen LogP contribution in [0.15, 0.2) is 40.6 Å². The summed E-state index contributed by atoms with van der Waals surface area (Å²) >= 11 is 1.44. The summed E-state index contributed by atoms with van der Waals surface area (Å²) in [7, 11) is 1.09. The van der Waals surface area contributed by atoms with E-state index in [0.717, 1.165) is 10.9 Å². The largest absolute Gasteiger partial charge is 0.264 e. The first-order chi connectivity index (χ1) is 7.48. The molecule has 0 saturated heterocycles. The zero-order valence-electron chi connectivity index (χ0n) is 7.85. The van der Waals surface area contributed by atoms with Gasteiger partial charge in [0.2, 0.25) is 0 Å². The lowest BCUT2D eigenvalue weighted by Gasteiger charge is -2.02. The van der Waals surface area contributed by atoms with E-state index in [9.17, 15) is 12.8 Å². The Bertz CT molecular complexity index is 606. The number of hydrogen-bond donors (Lipinski definition) is 0. The maximum atomic E-state index is 13.2. The molecule has 6 heteroatoms. The number of thiophene rings is 1. The summed E-state index contributed by atoms with van der Waals surface area (Å²) < 4.78 is 35.5. The summed E-state index contributed by atoms with van der Waals surface area (Å²) in [5, 5.41) is 1.85. The van der Waals surface area contributed by atoms with Gasteiger partial charge in [-0.3, -0.25) is 0 Å². The molecule has 0 saturated carbocycles. The molecule has 0 spiro atoms. The molecule has 84 valence electrons. The zero-order valence-corrected chi connectivity index (χ0v) is 10.2. The highest BCUT2D eigenvalue weighted by Gasteiger charge is 2.17. The molecule has 2 aromatic rings. The third kappa shape index (κ3) is 2.26. The SMILES string of the molecule is O=S(=O)(Cl)c1cc(-c2cccs2)ccc1F. The second-order valence-corrected chi connectivity index (χ2v) is 6.54. The molecule has 2 rings (SSSR count). The lowest BCUT2D eigenvalue weighted by molar-refractivity contribution is 0.576. The smallest absolute Gasteiger partial charge is 0.207 e. The normalized spacial score (nSPS) is 11.6. The van der Waals surface area contributed by atoms with Gasteiger partial charge in [0.15, 0.2) is 0 Å². The molecule has 0 fully saturated rings. The molecule has 16 heavy (non-hydrogen) atoms. The Kier molecular flexibility index (Phi) is 3.01. The van der Waals surface area contributed by atoms with E-state index in [-0.39, 0.29) is 0 Å². The summed E-state index contributed by atoms with van der Waals surface area (Å²) in [4.78, 5) is 0.377. The second-order valence-electron chi connectivity index (χ2n) is 3.06. The van der Waals surface area contributed by atoms with Crippen LogP contribution >= 0.6 is 22.0 Å². The standard InChI is InChI=1S/C10H6ClFO2S2/c11-16(13,14)10-6-7(3-4-8(10)12)9-2-1-5-15-9/h1-6H. The average molecular weight is 277 g/mol.